The Labute approximate surface area is 201 Å². The first kappa shape index (κ1) is 24.2. The monoisotopic (exact) mass is 488 g/mol. The average Bonchev–Trinajstić information content (AvgIpc) is 2.75. The number of halogens is 2. The average molecular weight is 489 g/mol. The van der Waals surface area contributed by atoms with Gasteiger partial charge in [-0.15, -0.1) is 0 Å². The fourth-order valence-corrected chi connectivity index (χ4v) is 3.66. The van der Waals surface area contributed by atoms with Crippen molar-refractivity contribution in [3.05, 3.63) is 76.3 Å². The van der Waals surface area contributed by atoms with Crippen LogP contribution in [0.5, 0.6) is 17.2 Å². The summed E-state index contributed by atoms with van der Waals surface area (Å²) in [5, 5.41) is 22.1. The Balaban J connectivity index is 1.91. The molecule has 0 saturated heterocycles. The molecule has 0 saturated carbocycles. The summed E-state index contributed by atoms with van der Waals surface area (Å²) in [6, 6.07) is 15.6. The number of aliphatic carboxylic acids is 1. The number of urea groups is 1. The second-order valence-electron chi connectivity index (χ2n) is 7.49. The number of nitrogens with one attached hydrogen (secondary N) is 1. The number of para-hydroxylation sites is 1. The summed E-state index contributed by atoms with van der Waals surface area (Å²) in [6.07, 6.45) is 0. The zero-order valence-corrected chi connectivity index (χ0v) is 19.4. The van der Waals surface area contributed by atoms with Crippen LogP contribution >= 0.6 is 23.2 Å². The molecule has 0 unspecified atom stereocenters. The van der Waals surface area contributed by atoms with Crippen molar-refractivity contribution in [3.8, 4) is 17.2 Å². The van der Waals surface area contributed by atoms with Gasteiger partial charge < -0.3 is 20.3 Å². The Morgan fingerprint density at radius 2 is 1.67 bits per heavy atom. The molecule has 3 N–H and O–H groups in total. The maximum atomic E-state index is 12.8. The molecule has 0 heterocycles. The molecule has 7 nitrogen and oxygen atoms in total. The van der Waals surface area contributed by atoms with Crippen LogP contribution in [0.1, 0.15) is 25.3 Å². The van der Waals surface area contributed by atoms with Crippen molar-refractivity contribution < 1.29 is 24.5 Å². The second kappa shape index (κ2) is 10.5. The minimum absolute atomic E-state index is 0.0644. The number of carboxylic acid groups (broad SMARTS) is 1. The number of carbonyl (C=O) groups is 2. The molecule has 0 atom stereocenters. The number of hydrogen-bond acceptors (Lipinski definition) is 4. The normalized spacial score (nSPS) is 10.7. The summed E-state index contributed by atoms with van der Waals surface area (Å²) < 4.78 is 5.85. The van der Waals surface area contributed by atoms with Crippen LogP contribution in [0.2, 0.25) is 10.0 Å². The number of phenolic OH excluding ortho intramolecular Hbond substituents is 1. The van der Waals surface area contributed by atoms with Gasteiger partial charge in [-0.3, -0.25) is 9.69 Å². The van der Waals surface area contributed by atoms with Crippen LogP contribution in [-0.2, 0) is 4.79 Å². The van der Waals surface area contributed by atoms with E-state index < -0.39 is 18.5 Å². The Bertz CT molecular complexity index is 1150. The van der Waals surface area contributed by atoms with Crippen molar-refractivity contribution in [2.24, 2.45) is 0 Å². The molecule has 0 radical (unpaired) electrons. The van der Waals surface area contributed by atoms with Gasteiger partial charge in [-0.1, -0.05) is 55.2 Å². The Morgan fingerprint density at radius 1 is 1.03 bits per heavy atom. The number of nitrogens with zero attached hydrogens (tertiary/aromatic N) is 1. The number of benzene rings is 3. The van der Waals surface area contributed by atoms with E-state index in [0.717, 1.165) is 4.90 Å². The topological polar surface area (TPSA) is 99.1 Å². The Kier molecular flexibility index (Phi) is 7.68. The molecule has 9 heteroatoms. The van der Waals surface area contributed by atoms with E-state index in [1.54, 1.807) is 42.5 Å². The Morgan fingerprint density at radius 3 is 2.24 bits per heavy atom. The van der Waals surface area contributed by atoms with Gasteiger partial charge in [0.1, 0.15) is 18.0 Å². The first-order chi connectivity index (χ1) is 15.7. The molecule has 0 fully saturated rings. The maximum absolute atomic E-state index is 12.8. The van der Waals surface area contributed by atoms with Crippen molar-refractivity contribution in [1.82, 2.24) is 0 Å². The smallest absolute Gasteiger partial charge is 0.326 e. The van der Waals surface area contributed by atoms with E-state index in [1.807, 2.05) is 13.8 Å². The lowest BCUT2D eigenvalue weighted by Crippen LogP contribution is -2.39. The molecule has 3 rings (SSSR count). The van der Waals surface area contributed by atoms with Gasteiger partial charge in [0.25, 0.3) is 0 Å². The van der Waals surface area contributed by atoms with Crippen LogP contribution in [0.15, 0.2) is 60.7 Å². The van der Waals surface area contributed by atoms with Crippen LogP contribution in [0.3, 0.4) is 0 Å². The third-order valence-corrected chi connectivity index (χ3v) is 5.26. The van der Waals surface area contributed by atoms with Crippen LogP contribution in [0.4, 0.5) is 16.2 Å². The van der Waals surface area contributed by atoms with E-state index in [2.05, 4.69) is 5.32 Å². The molecule has 0 aliphatic carbocycles. The standard InChI is InChI=1S/C24H22Cl2N2O5/c1-14(2)18-12-17(8-9-21(18)29)33-23-19(25)10-16(11-20(23)26)28(13-22(30)31)24(32)27-15-6-4-3-5-7-15/h3-12,14,29H,13H2,1-2H3,(H,27,32)(H,30,31). The molecule has 3 aromatic carbocycles. The van der Waals surface area contributed by atoms with Gasteiger partial charge in [-0.05, 0) is 48.4 Å². The van der Waals surface area contributed by atoms with Crippen LogP contribution in [-0.4, -0.2) is 28.8 Å². The van der Waals surface area contributed by atoms with Crippen molar-refractivity contribution in [3.63, 3.8) is 0 Å². The van der Waals surface area contributed by atoms with Crippen LogP contribution < -0.4 is 15.0 Å². The van der Waals surface area contributed by atoms with Crippen molar-refractivity contribution >= 4 is 46.6 Å². The van der Waals surface area contributed by atoms with E-state index in [4.69, 9.17) is 27.9 Å². The zero-order chi connectivity index (χ0) is 24.1. The number of aromatic hydroxyl groups is 1. The van der Waals surface area contributed by atoms with E-state index in [1.165, 1.54) is 18.2 Å². The number of amides is 2. The highest BCUT2D eigenvalue weighted by molar-refractivity contribution is 6.37. The third-order valence-electron chi connectivity index (χ3n) is 4.70. The lowest BCUT2D eigenvalue weighted by molar-refractivity contribution is -0.135. The van der Waals surface area contributed by atoms with Gasteiger partial charge >= 0.3 is 12.0 Å². The highest BCUT2D eigenvalue weighted by Gasteiger charge is 2.22. The van der Waals surface area contributed by atoms with Crippen molar-refractivity contribution in [1.29, 1.82) is 0 Å². The SMILES string of the molecule is CC(C)c1cc(Oc2c(Cl)cc(N(CC(=O)O)C(=O)Nc3ccccc3)cc2Cl)ccc1O. The summed E-state index contributed by atoms with van der Waals surface area (Å²) in [7, 11) is 0. The lowest BCUT2D eigenvalue weighted by Gasteiger charge is -2.23. The van der Waals surface area contributed by atoms with Crippen LogP contribution in [0, 0.1) is 0 Å². The highest BCUT2D eigenvalue weighted by Crippen LogP contribution is 2.41. The number of ether oxygens (including phenoxy) is 1. The fraction of sp³-hybridized carbons (Fsp3) is 0.167. The number of anilines is 2. The molecule has 3 aromatic rings. The lowest BCUT2D eigenvalue weighted by atomic mass is 10.0. The first-order valence-corrected chi connectivity index (χ1v) is 10.8. The second-order valence-corrected chi connectivity index (χ2v) is 8.31. The first-order valence-electron chi connectivity index (χ1n) is 10.0. The fourth-order valence-electron chi connectivity index (χ4n) is 3.10. The van der Waals surface area contributed by atoms with E-state index in [0.29, 0.717) is 17.0 Å². The maximum Gasteiger partial charge on any atom is 0.326 e. The molecule has 33 heavy (non-hydrogen) atoms. The van der Waals surface area contributed by atoms with Gasteiger partial charge in [0, 0.05) is 16.9 Å². The van der Waals surface area contributed by atoms with Crippen molar-refractivity contribution in [2.45, 2.75) is 19.8 Å². The van der Waals surface area contributed by atoms with E-state index in [-0.39, 0.29) is 33.1 Å². The molecular weight excluding hydrogens is 467 g/mol. The quantitative estimate of drug-likeness (QED) is 0.342. The minimum atomic E-state index is -1.21. The van der Waals surface area contributed by atoms with Crippen molar-refractivity contribution in [2.75, 3.05) is 16.8 Å². The molecule has 0 aromatic heterocycles. The van der Waals surface area contributed by atoms with Gasteiger partial charge in [0.05, 0.1) is 10.0 Å². The molecule has 0 spiro atoms. The largest absolute Gasteiger partial charge is 0.508 e. The summed E-state index contributed by atoms with van der Waals surface area (Å²) >= 11 is 12.8. The molecule has 2 amide bonds. The summed E-state index contributed by atoms with van der Waals surface area (Å²) in [4.78, 5) is 25.2. The molecule has 0 aliphatic heterocycles. The van der Waals surface area contributed by atoms with Crippen LogP contribution in [0.25, 0.3) is 0 Å². The zero-order valence-electron chi connectivity index (χ0n) is 17.9. The Hall–Kier alpha value is -3.42. The van der Waals surface area contributed by atoms with Gasteiger partial charge in [0.2, 0.25) is 0 Å². The van der Waals surface area contributed by atoms with Gasteiger partial charge in [-0.2, -0.15) is 0 Å². The minimum Gasteiger partial charge on any atom is -0.508 e. The number of hydrogen-bond donors (Lipinski definition) is 3. The van der Waals surface area contributed by atoms with E-state index >= 15 is 0 Å². The third kappa shape index (κ3) is 6.09. The highest BCUT2D eigenvalue weighted by atomic mass is 35.5. The number of phenols is 1. The van der Waals surface area contributed by atoms with Gasteiger partial charge in [0.15, 0.2) is 5.75 Å². The summed E-state index contributed by atoms with van der Waals surface area (Å²) in [6.45, 7) is 3.26. The predicted octanol–water partition coefficient (Wildman–Crippen LogP) is 6.74. The van der Waals surface area contributed by atoms with Gasteiger partial charge in [-0.25, -0.2) is 4.79 Å². The summed E-state index contributed by atoms with van der Waals surface area (Å²) in [5.74, 6) is -0.442. The molecular formula is C24H22Cl2N2O5. The molecule has 0 aliphatic rings. The van der Waals surface area contributed by atoms with E-state index in [9.17, 15) is 19.8 Å². The number of carboxylic acids is 1. The molecule has 172 valence electrons. The molecule has 0 bridgehead atoms. The number of carbonyl (C=O) groups excluding carboxylic acids is 1. The summed E-state index contributed by atoms with van der Waals surface area (Å²) in [5.41, 5.74) is 1.38. The predicted molar refractivity (Wildman–Crippen MR) is 129 cm³/mol. The number of rotatable bonds is 7.